The molecule has 0 atom stereocenters. The molecule has 1 heterocycles. The van der Waals surface area contributed by atoms with Gasteiger partial charge in [0.05, 0.1) is 11.3 Å². The van der Waals surface area contributed by atoms with Crippen LogP contribution in [-0.2, 0) is 20.2 Å². The number of anilines is 2. The molecule has 0 saturated carbocycles. The summed E-state index contributed by atoms with van der Waals surface area (Å²) in [5.41, 5.74) is 7.63. The van der Waals surface area contributed by atoms with Crippen LogP contribution in [0.1, 0.15) is 15.9 Å². The van der Waals surface area contributed by atoms with Gasteiger partial charge in [-0.15, -0.1) is 10.2 Å². The van der Waals surface area contributed by atoms with E-state index in [4.69, 9.17) is 5.73 Å². The lowest BCUT2D eigenvalue weighted by atomic mass is 10.0. The highest BCUT2D eigenvalue weighted by Crippen LogP contribution is 2.45. The Hall–Kier alpha value is -4.98. The van der Waals surface area contributed by atoms with E-state index >= 15 is 0 Å². The molecular weight excluding hydrogens is 615 g/mol. The van der Waals surface area contributed by atoms with Crippen molar-refractivity contribution in [1.82, 2.24) is 0 Å². The largest absolute Gasteiger partial charge is 0.389 e. The van der Waals surface area contributed by atoms with Gasteiger partial charge < -0.3 is 11.1 Å². The summed E-state index contributed by atoms with van der Waals surface area (Å²) in [7, 11) is -9.65. The Bertz CT molecular complexity index is 2210. The molecule has 0 fully saturated rings. The first-order chi connectivity index (χ1) is 20.4. The van der Waals surface area contributed by atoms with Crippen LogP contribution in [0.3, 0.4) is 0 Å². The number of rotatable bonds is 7. The molecule has 0 spiro atoms. The molecule has 15 heteroatoms. The summed E-state index contributed by atoms with van der Waals surface area (Å²) in [6.07, 6.45) is 0. The fraction of sp³-hybridized carbons (Fsp3) is 0. The van der Waals surface area contributed by atoms with E-state index in [0.29, 0.717) is 22.4 Å². The lowest BCUT2D eigenvalue weighted by Crippen LogP contribution is -2.11. The number of nitrogen functional groups attached to an aromatic ring is 1. The summed E-state index contributed by atoms with van der Waals surface area (Å²) in [6, 6.07) is 22.9. The minimum atomic E-state index is -4.86. The van der Waals surface area contributed by atoms with Crippen molar-refractivity contribution in [1.29, 1.82) is 5.26 Å². The van der Waals surface area contributed by atoms with Crippen molar-refractivity contribution >= 4 is 69.6 Å². The zero-order chi connectivity index (χ0) is 30.9. The summed E-state index contributed by atoms with van der Waals surface area (Å²) >= 11 is 0.921. The van der Waals surface area contributed by atoms with Crippen LogP contribution in [0.2, 0.25) is 0 Å². The van der Waals surface area contributed by atoms with E-state index in [1.54, 1.807) is 54.6 Å². The lowest BCUT2D eigenvalue weighted by molar-refractivity contribution is 0.102. The molecule has 4 aromatic carbocycles. The molecule has 0 saturated heterocycles. The van der Waals surface area contributed by atoms with Crippen LogP contribution in [0.5, 0.6) is 0 Å². The highest BCUT2D eigenvalue weighted by molar-refractivity contribution is 7.86. The molecule has 5 N–H and O–H groups in total. The number of nitriles is 1. The van der Waals surface area contributed by atoms with Gasteiger partial charge in [0.15, 0.2) is 0 Å². The standard InChI is InChI=1S/C28H19N5O7S3/c29-15-22-25(17-8-4-9-18(12-17)31-27(34)16-6-2-1-3-7-16)28(41-26(22)30)33-32-19-13-21-20(24(14-19)43(38,39)40)10-5-11-23(21)42(35,36)37/h1-14H,30H2,(H,31,34)(H,35,36,37)(H,38,39,40). The van der Waals surface area contributed by atoms with Crippen LogP contribution in [0.4, 0.5) is 21.4 Å². The maximum absolute atomic E-state index is 12.7. The monoisotopic (exact) mass is 633 g/mol. The second-order valence-electron chi connectivity index (χ2n) is 8.98. The molecule has 12 nitrogen and oxygen atoms in total. The van der Waals surface area contributed by atoms with Gasteiger partial charge in [-0.1, -0.05) is 53.8 Å². The number of thiophene rings is 1. The minimum Gasteiger partial charge on any atom is -0.389 e. The molecule has 1 amide bonds. The third-order valence-electron chi connectivity index (χ3n) is 6.19. The number of amides is 1. The number of nitrogens with one attached hydrogen (secondary N) is 1. The molecule has 5 aromatic rings. The molecule has 0 aliphatic carbocycles. The first-order valence-electron chi connectivity index (χ1n) is 12.1. The molecule has 0 radical (unpaired) electrons. The summed E-state index contributed by atoms with van der Waals surface area (Å²) in [6.45, 7) is 0. The number of nitrogens with zero attached hydrogens (tertiary/aromatic N) is 3. The highest BCUT2D eigenvalue weighted by Gasteiger charge is 2.22. The quantitative estimate of drug-likeness (QED) is 0.119. The zero-order valence-electron chi connectivity index (χ0n) is 21.7. The molecule has 0 aliphatic heterocycles. The van der Waals surface area contributed by atoms with E-state index in [9.17, 15) is 36.0 Å². The molecule has 216 valence electrons. The number of hydrogen-bond donors (Lipinski definition) is 4. The van der Waals surface area contributed by atoms with E-state index in [2.05, 4.69) is 15.5 Å². The third-order valence-corrected chi connectivity index (χ3v) is 8.90. The van der Waals surface area contributed by atoms with Crippen molar-refractivity contribution in [3.63, 3.8) is 0 Å². The van der Waals surface area contributed by atoms with Crippen LogP contribution in [0.15, 0.2) is 105 Å². The summed E-state index contributed by atoms with van der Waals surface area (Å²) in [4.78, 5) is 11.4. The van der Waals surface area contributed by atoms with E-state index in [0.717, 1.165) is 23.5 Å². The van der Waals surface area contributed by atoms with Gasteiger partial charge in [0.25, 0.3) is 26.1 Å². The average molecular weight is 634 g/mol. The third kappa shape index (κ3) is 6.14. The zero-order valence-corrected chi connectivity index (χ0v) is 24.1. The van der Waals surface area contributed by atoms with Gasteiger partial charge in [-0.2, -0.15) is 22.1 Å². The number of nitrogens with two attached hydrogens (primary N) is 1. The number of carbonyl (C=O) groups excluding carboxylic acids is 1. The summed E-state index contributed by atoms with van der Waals surface area (Å²) in [5.74, 6) is -0.349. The molecular formula is C28H19N5O7S3. The van der Waals surface area contributed by atoms with Gasteiger partial charge >= 0.3 is 0 Å². The van der Waals surface area contributed by atoms with Crippen LogP contribution < -0.4 is 11.1 Å². The maximum Gasteiger partial charge on any atom is 0.295 e. The Morgan fingerprint density at radius 1 is 0.837 bits per heavy atom. The Balaban J connectivity index is 1.60. The maximum atomic E-state index is 12.7. The first-order valence-corrected chi connectivity index (χ1v) is 15.8. The second-order valence-corrected chi connectivity index (χ2v) is 12.8. The van der Waals surface area contributed by atoms with Crippen molar-refractivity contribution < 1.29 is 30.7 Å². The Labute approximate surface area is 249 Å². The number of benzene rings is 4. The van der Waals surface area contributed by atoms with E-state index in [-0.39, 0.29) is 37.9 Å². The summed E-state index contributed by atoms with van der Waals surface area (Å²) < 4.78 is 67.7. The van der Waals surface area contributed by atoms with Crippen molar-refractivity contribution in [3.8, 4) is 17.2 Å². The molecule has 5 rings (SSSR count). The van der Waals surface area contributed by atoms with Gasteiger partial charge in [0.1, 0.15) is 25.9 Å². The average Bonchev–Trinajstić information content (AvgIpc) is 3.29. The van der Waals surface area contributed by atoms with Gasteiger partial charge in [-0.3, -0.25) is 13.9 Å². The van der Waals surface area contributed by atoms with Crippen LogP contribution in [-0.4, -0.2) is 31.8 Å². The van der Waals surface area contributed by atoms with Crippen molar-refractivity contribution in [3.05, 3.63) is 96.1 Å². The normalized spacial score (nSPS) is 11.9. The summed E-state index contributed by atoms with van der Waals surface area (Å²) in [5, 5.41) is 20.7. The number of azo groups is 1. The predicted octanol–water partition coefficient (Wildman–Crippen LogP) is 6.18. The number of carbonyl (C=O) groups is 1. The van der Waals surface area contributed by atoms with Crippen LogP contribution in [0.25, 0.3) is 21.9 Å². The van der Waals surface area contributed by atoms with Crippen LogP contribution >= 0.6 is 11.3 Å². The topological polar surface area (TPSA) is 212 Å². The van der Waals surface area contributed by atoms with Gasteiger partial charge in [0.2, 0.25) is 0 Å². The Kier molecular flexibility index (Phi) is 7.80. The Morgan fingerprint density at radius 2 is 1.53 bits per heavy atom. The Morgan fingerprint density at radius 3 is 2.21 bits per heavy atom. The SMILES string of the molecule is N#Cc1c(N)sc(N=Nc2cc(S(=O)(=O)O)c3cccc(S(=O)(=O)O)c3c2)c1-c1cccc(NC(=O)c2ccccc2)c1. The number of fused-ring (bicyclic) bond motifs is 1. The molecule has 1 aromatic heterocycles. The van der Waals surface area contributed by atoms with Gasteiger partial charge in [0, 0.05) is 27.6 Å². The molecule has 43 heavy (non-hydrogen) atoms. The highest BCUT2D eigenvalue weighted by atomic mass is 32.2. The van der Waals surface area contributed by atoms with E-state index in [1.165, 1.54) is 18.2 Å². The molecule has 0 bridgehead atoms. The first kappa shape index (κ1) is 29.5. The number of hydrogen-bond acceptors (Lipinski definition) is 10. The fourth-order valence-electron chi connectivity index (χ4n) is 4.34. The fourth-order valence-corrected chi connectivity index (χ4v) is 6.62. The van der Waals surface area contributed by atoms with Gasteiger partial charge in [-0.05, 0) is 48.0 Å². The van der Waals surface area contributed by atoms with Gasteiger partial charge in [-0.25, -0.2) is 0 Å². The van der Waals surface area contributed by atoms with Crippen LogP contribution in [0, 0.1) is 11.3 Å². The minimum absolute atomic E-state index is 0.0938. The van der Waals surface area contributed by atoms with Crippen molar-refractivity contribution in [2.24, 2.45) is 10.2 Å². The molecule has 0 unspecified atom stereocenters. The smallest absolute Gasteiger partial charge is 0.295 e. The lowest BCUT2D eigenvalue weighted by Gasteiger charge is -2.09. The van der Waals surface area contributed by atoms with Crippen molar-refractivity contribution in [2.45, 2.75) is 9.79 Å². The van der Waals surface area contributed by atoms with E-state index < -0.39 is 30.0 Å². The van der Waals surface area contributed by atoms with E-state index in [1.807, 2.05) is 6.07 Å². The van der Waals surface area contributed by atoms with Crippen molar-refractivity contribution in [2.75, 3.05) is 11.1 Å². The second kappa shape index (κ2) is 11.4. The predicted molar refractivity (Wildman–Crippen MR) is 161 cm³/mol. The molecule has 0 aliphatic rings.